The molecule has 1 atom stereocenters. The van der Waals surface area contributed by atoms with Gasteiger partial charge in [0, 0.05) is 38.4 Å². The van der Waals surface area contributed by atoms with Gasteiger partial charge in [-0.15, -0.1) is 0 Å². The molecule has 10 nitrogen and oxygen atoms in total. The van der Waals surface area contributed by atoms with E-state index in [1.165, 1.54) is 6.26 Å². The Morgan fingerprint density at radius 2 is 1.80 bits per heavy atom. The van der Waals surface area contributed by atoms with Gasteiger partial charge in [-0.1, -0.05) is 12.1 Å². The van der Waals surface area contributed by atoms with Crippen molar-refractivity contribution in [2.75, 3.05) is 45.9 Å². The van der Waals surface area contributed by atoms with Crippen molar-refractivity contribution in [3.05, 3.63) is 65.3 Å². The lowest BCUT2D eigenvalue weighted by Crippen LogP contribution is -2.52. The summed E-state index contributed by atoms with van der Waals surface area (Å²) in [6, 6.07) is 9.57. The Kier molecular flexibility index (Phi) is 7.71. The van der Waals surface area contributed by atoms with E-state index in [2.05, 4.69) is 15.5 Å². The molecule has 1 saturated heterocycles. The summed E-state index contributed by atoms with van der Waals surface area (Å²) in [6.45, 7) is 6.95. The second kappa shape index (κ2) is 11.1. The number of nitrogens with zero attached hydrogens (tertiary/aromatic N) is 2. The molecule has 2 aromatic rings. The zero-order valence-corrected chi connectivity index (χ0v) is 19.9. The molecular weight excluding hydrogens is 452 g/mol. The second-order valence-electron chi connectivity index (χ2n) is 8.19. The van der Waals surface area contributed by atoms with Crippen molar-refractivity contribution in [1.82, 2.24) is 20.4 Å². The van der Waals surface area contributed by atoms with E-state index < -0.39 is 18.0 Å². The maximum Gasteiger partial charge on any atom is 0.338 e. The molecule has 0 unspecified atom stereocenters. The van der Waals surface area contributed by atoms with Gasteiger partial charge in [-0.3, -0.25) is 9.69 Å². The Morgan fingerprint density at radius 1 is 1.06 bits per heavy atom. The van der Waals surface area contributed by atoms with Crippen LogP contribution in [0.1, 0.15) is 36.0 Å². The van der Waals surface area contributed by atoms with Gasteiger partial charge in [0.05, 0.1) is 31.1 Å². The van der Waals surface area contributed by atoms with Crippen molar-refractivity contribution in [3.63, 3.8) is 0 Å². The number of carbonyl (C=O) groups is 3. The topological polar surface area (TPSA) is 113 Å². The van der Waals surface area contributed by atoms with Crippen LogP contribution in [-0.4, -0.2) is 73.6 Å². The highest BCUT2D eigenvalue weighted by atomic mass is 16.5. The highest BCUT2D eigenvalue weighted by Gasteiger charge is 2.35. The summed E-state index contributed by atoms with van der Waals surface area (Å²) in [7, 11) is 0. The molecule has 0 aliphatic carbocycles. The third-order valence-electron chi connectivity index (χ3n) is 5.95. The minimum Gasteiger partial charge on any atom is -0.494 e. The van der Waals surface area contributed by atoms with E-state index in [0.29, 0.717) is 62.1 Å². The lowest BCUT2D eigenvalue weighted by Gasteiger charge is -2.36. The van der Waals surface area contributed by atoms with Crippen molar-refractivity contribution < 1.29 is 28.3 Å². The number of urea groups is 1. The molecule has 1 fully saturated rings. The molecule has 2 aliphatic rings. The smallest absolute Gasteiger partial charge is 0.338 e. The summed E-state index contributed by atoms with van der Waals surface area (Å²) in [5.41, 5.74) is 1.61. The lowest BCUT2D eigenvalue weighted by molar-refractivity contribution is -0.139. The third kappa shape index (κ3) is 5.65. The number of piperazine rings is 1. The Balaban J connectivity index is 1.53. The van der Waals surface area contributed by atoms with Crippen molar-refractivity contribution in [1.29, 1.82) is 0 Å². The van der Waals surface area contributed by atoms with Crippen LogP contribution in [0, 0.1) is 0 Å². The molecule has 3 heterocycles. The standard InChI is InChI=1S/C25H30N4O6/c1-3-33-18-9-7-17(8-10-18)22-21(24(31)34-4-2)19(26-25(32)27-22)16-28-11-13-29(14-12-28)23(30)20-6-5-15-35-20/h5-10,15,22H,3-4,11-14,16H2,1-2H3,(H2,26,27,32)/t22-/m1/s1. The Hall–Kier alpha value is -3.79. The van der Waals surface area contributed by atoms with E-state index in [0.717, 1.165) is 5.56 Å². The second-order valence-corrected chi connectivity index (χ2v) is 8.19. The molecule has 3 amide bonds. The zero-order chi connectivity index (χ0) is 24.8. The number of carbonyl (C=O) groups excluding carboxylic acids is 3. The first-order valence-corrected chi connectivity index (χ1v) is 11.8. The SMILES string of the molecule is CCOC(=O)C1=C(CN2CCN(C(=O)c3ccco3)CC2)NC(=O)N[C@@H]1c1ccc(OCC)cc1. The molecule has 0 saturated carbocycles. The van der Waals surface area contributed by atoms with E-state index in [1.54, 1.807) is 24.0 Å². The van der Waals surface area contributed by atoms with Crippen molar-refractivity contribution >= 4 is 17.9 Å². The number of benzene rings is 1. The fraction of sp³-hybridized carbons (Fsp3) is 0.400. The minimum absolute atomic E-state index is 0.146. The van der Waals surface area contributed by atoms with E-state index in [1.807, 2.05) is 31.2 Å². The molecule has 186 valence electrons. The van der Waals surface area contributed by atoms with Gasteiger partial charge in [0.2, 0.25) is 0 Å². The number of rotatable bonds is 8. The molecule has 4 rings (SSSR count). The normalized spacial score (nSPS) is 18.6. The van der Waals surface area contributed by atoms with E-state index >= 15 is 0 Å². The number of ether oxygens (including phenoxy) is 2. The highest BCUT2D eigenvalue weighted by molar-refractivity contribution is 5.95. The fourth-order valence-corrected chi connectivity index (χ4v) is 4.25. The van der Waals surface area contributed by atoms with E-state index in [-0.39, 0.29) is 12.5 Å². The number of nitrogens with one attached hydrogen (secondary N) is 2. The highest BCUT2D eigenvalue weighted by Crippen LogP contribution is 2.29. The Morgan fingerprint density at radius 3 is 2.43 bits per heavy atom. The lowest BCUT2D eigenvalue weighted by atomic mass is 9.94. The van der Waals surface area contributed by atoms with Gasteiger partial charge in [-0.05, 0) is 43.7 Å². The number of esters is 1. The predicted octanol–water partition coefficient (Wildman–Crippen LogP) is 2.31. The summed E-state index contributed by atoms with van der Waals surface area (Å²) >= 11 is 0. The first-order valence-electron chi connectivity index (χ1n) is 11.8. The van der Waals surface area contributed by atoms with Gasteiger partial charge >= 0.3 is 12.0 Å². The van der Waals surface area contributed by atoms with Crippen LogP contribution in [0.5, 0.6) is 5.75 Å². The molecular formula is C25H30N4O6. The van der Waals surface area contributed by atoms with Gasteiger partial charge in [0.1, 0.15) is 5.75 Å². The van der Waals surface area contributed by atoms with Crippen molar-refractivity contribution in [3.8, 4) is 5.75 Å². The third-order valence-corrected chi connectivity index (χ3v) is 5.95. The van der Waals surface area contributed by atoms with Crippen LogP contribution in [0.2, 0.25) is 0 Å². The van der Waals surface area contributed by atoms with E-state index in [4.69, 9.17) is 13.9 Å². The van der Waals surface area contributed by atoms with Crippen molar-refractivity contribution in [2.24, 2.45) is 0 Å². The quantitative estimate of drug-likeness (QED) is 0.555. The van der Waals surface area contributed by atoms with Gasteiger partial charge in [-0.2, -0.15) is 0 Å². The fourth-order valence-electron chi connectivity index (χ4n) is 4.25. The number of hydrogen-bond acceptors (Lipinski definition) is 7. The minimum atomic E-state index is -0.657. The molecule has 0 spiro atoms. The van der Waals surface area contributed by atoms with Crippen LogP contribution in [0.25, 0.3) is 0 Å². The monoisotopic (exact) mass is 482 g/mol. The predicted molar refractivity (Wildman–Crippen MR) is 127 cm³/mol. The number of hydrogen-bond donors (Lipinski definition) is 2. The van der Waals surface area contributed by atoms with Crippen LogP contribution in [0.4, 0.5) is 4.79 Å². The molecule has 10 heteroatoms. The van der Waals surface area contributed by atoms with Crippen LogP contribution >= 0.6 is 0 Å². The molecule has 0 bridgehead atoms. The molecule has 2 N–H and O–H groups in total. The summed E-state index contributed by atoms with van der Waals surface area (Å²) in [4.78, 5) is 41.9. The van der Waals surface area contributed by atoms with Crippen LogP contribution < -0.4 is 15.4 Å². The average Bonchev–Trinajstić information content (AvgIpc) is 3.40. The molecule has 35 heavy (non-hydrogen) atoms. The molecule has 1 aromatic carbocycles. The first kappa shape index (κ1) is 24.3. The van der Waals surface area contributed by atoms with Crippen molar-refractivity contribution in [2.45, 2.75) is 19.9 Å². The largest absolute Gasteiger partial charge is 0.494 e. The maximum absolute atomic E-state index is 13.0. The maximum atomic E-state index is 13.0. The zero-order valence-electron chi connectivity index (χ0n) is 19.9. The average molecular weight is 483 g/mol. The number of amides is 3. The summed E-state index contributed by atoms with van der Waals surface area (Å²) in [5.74, 6) is 0.391. The van der Waals surface area contributed by atoms with Crippen LogP contribution in [-0.2, 0) is 9.53 Å². The van der Waals surface area contributed by atoms with Gasteiger partial charge < -0.3 is 29.4 Å². The van der Waals surface area contributed by atoms with Gasteiger partial charge in [0.25, 0.3) is 5.91 Å². The Bertz CT molecular complexity index is 1070. The summed E-state index contributed by atoms with van der Waals surface area (Å²) < 4.78 is 16.1. The molecule has 2 aliphatic heterocycles. The van der Waals surface area contributed by atoms with Gasteiger partial charge in [0.15, 0.2) is 5.76 Å². The molecule has 1 aromatic heterocycles. The van der Waals surface area contributed by atoms with E-state index in [9.17, 15) is 14.4 Å². The summed E-state index contributed by atoms with van der Waals surface area (Å²) in [6.07, 6.45) is 1.48. The van der Waals surface area contributed by atoms with Crippen LogP contribution in [0.3, 0.4) is 0 Å². The molecule has 0 radical (unpaired) electrons. The van der Waals surface area contributed by atoms with Crippen LogP contribution in [0.15, 0.2) is 58.3 Å². The number of furan rings is 1. The van der Waals surface area contributed by atoms with Gasteiger partial charge in [-0.25, -0.2) is 9.59 Å². The Labute approximate surface area is 203 Å². The summed E-state index contributed by atoms with van der Waals surface area (Å²) in [5, 5.41) is 5.65. The first-order chi connectivity index (χ1) is 17.0.